The Bertz CT molecular complexity index is 659. The molecule has 2 N–H and O–H groups in total. The van der Waals surface area contributed by atoms with Gasteiger partial charge in [-0.3, -0.25) is 14.6 Å². The number of anilines is 1. The Kier molecular flexibility index (Phi) is 6.26. The first kappa shape index (κ1) is 16.6. The average molecular weight is 313 g/mol. The molecule has 6 heteroatoms. The molecule has 6 nitrogen and oxygen atoms in total. The van der Waals surface area contributed by atoms with Crippen molar-refractivity contribution in [2.24, 2.45) is 0 Å². The van der Waals surface area contributed by atoms with E-state index in [1.165, 1.54) is 6.20 Å². The lowest BCUT2D eigenvalue weighted by molar-refractivity contribution is -0.117. The zero-order chi connectivity index (χ0) is 16.5. The van der Waals surface area contributed by atoms with E-state index in [4.69, 9.17) is 4.74 Å². The Morgan fingerprint density at radius 1 is 1.22 bits per heavy atom. The van der Waals surface area contributed by atoms with Crippen molar-refractivity contribution in [2.75, 3.05) is 19.0 Å². The monoisotopic (exact) mass is 313 g/mol. The van der Waals surface area contributed by atoms with Gasteiger partial charge >= 0.3 is 0 Å². The molecule has 0 unspecified atom stereocenters. The molecule has 1 aromatic heterocycles. The maximum absolute atomic E-state index is 12.0. The van der Waals surface area contributed by atoms with Gasteiger partial charge in [0.1, 0.15) is 0 Å². The van der Waals surface area contributed by atoms with Crippen molar-refractivity contribution in [3.8, 4) is 0 Å². The van der Waals surface area contributed by atoms with Crippen molar-refractivity contribution in [2.45, 2.75) is 13.0 Å². The van der Waals surface area contributed by atoms with Crippen molar-refractivity contribution < 1.29 is 14.3 Å². The minimum absolute atomic E-state index is 0.108. The minimum atomic E-state index is -0.187. The Balaban J connectivity index is 1.90. The number of carbonyl (C=O) groups excluding carboxylic acids is 2. The van der Waals surface area contributed by atoms with Crippen molar-refractivity contribution in [1.82, 2.24) is 10.3 Å². The molecule has 120 valence electrons. The highest BCUT2D eigenvalue weighted by molar-refractivity contribution is 5.93. The summed E-state index contributed by atoms with van der Waals surface area (Å²) < 4.78 is 4.87. The topological polar surface area (TPSA) is 80.3 Å². The summed E-state index contributed by atoms with van der Waals surface area (Å²) in [6.07, 6.45) is 3.44. The van der Waals surface area contributed by atoms with Gasteiger partial charge in [0.25, 0.3) is 5.91 Å². The van der Waals surface area contributed by atoms with Crippen molar-refractivity contribution >= 4 is 17.5 Å². The van der Waals surface area contributed by atoms with Gasteiger partial charge < -0.3 is 15.4 Å². The molecule has 0 aliphatic heterocycles. The van der Waals surface area contributed by atoms with Gasteiger partial charge in [-0.1, -0.05) is 12.1 Å². The van der Waals surface area contributed by atoms with Gasteiger partial charge in [-0.05, 0) is 29.8 Å². The van der Waals surface area contributed by atoms with E-state index in [1.807, 2.05) is 18.2 Å². The van der Waals surface area contributed by atoms with Crippen LogP contribution in [0.2, 0.25) is 0 Å². The highest BCUT2D eigenvalue weighted by Gasteiger charge is 2.06. The van der Waals surface area contributed by atoms with Crippen LogP contribution in [-0.2, 0) is 16.1 Å². The number of rotatable bonds is 7. The number of hydrogen-bond acceptors (Lipinski definition) is 4. The third-order valence-corrected chi connectivity index (χ3v) is 3.12. The lowest BCUT2D eigenvalue weighted by Crippen LogP contribution is -2.23. The number of ether oxygens (including phenoxy) is 1. The quantitative estimate of drug-likeness (QED) is 0.819. The number of aromatic nitrogens is 1. The first-order chi connectivity index (χ1) is 11.2. The molecule has 2 aromatic rings. The Labute approximate surface area is 134 Å². The van der Waals surface area contributed by atoms with Gasteiger partial charge in [0.2, 0.25) is 5.91 Å². The van der Waals surface area contributed by atoms with Crippen molar-refractivity contribution in [1.29, 1.82) is 0 Å². The number of benzene rings is 1. The molecular formula is C17H19N3O3. The molecule has 0 saturated carbocycles. The third-order valence-electron chi connectivity index (χ3n) is 3.12. The average Bonchev–Trinajstić information content (AvgIpc) is 2.59. The summed E-state index contributed by atoms with van der Waals surface area (Å²) in [4.78, 5) is 27.5. The molecule has 1 aromatic carbocycles. The van der Waals surface area contributed by atoms with Gasteiger partial charge in [0.15, 0.2) is 0 Å². The number of hydrogen-bond donors (Lipinski definition) is 2. The molecule has 23 heavy (non-hydrogen) atoms. The molecule has 0 atom stereocenters. The smallest absolute Gasteiger partial charge is 0.253 e. The third kappa shape index (κ3) is 5.52. The lowest BCUT2D eigenvalue weighted by Gasteiger charge is -2.08. The zero-order valence-electron chi connectivity index (χ0n) is 12.9. The predicted octanol–water partition coefficient (Wildman–Crippen LogP) is 1.99. The second-order valence-corrected chi connectivity index (χ2v) is 4.92. The molecule has 0 spiro atoms. The molecule has 0 bridgehead atoms. The maximum Gasteiger partial charge on any atom is 0.253 e. The van der Waals surface area contributed by atoms with Gasteiger partial charge in [-0.15, -0.1) is 0 Å². The lowest BCUT2D eigenvalue weighted by atomic mass is 10.2. The number of amides is 2. The summed E-state index contributed by atoms with van der Waals surface area (Å²) in [5.74, 6) is -0.295. The van der Waals surface area contributed by atoms with Crippen LogP contribution in [0.4, 0.5) is 5.69 Å². The number of carbonyl (C=O) groups is 2. The molecule has 2 rings (SSSR count). The second-order valence-electron chi connectivity index (χ2n) is 4.92. The number of nitrogens with one attached hydrogen (secondary N) is 2. The Hall–Kier alpha value is -2.73. The predicted molar refractivity (Wildman–Crippen MR) is 87.0 cm³/mol. The van der Waals surface area contributed by atoms with Crippen LogP contribution in [-0.4, -0.2) is 30.5 Å². The van der Waals surface area contributed by atoms with Crippen LogP contribution in [0.5, 0.6) is 0 Å². The zero-order valence-corrected chi connectivity index (χ0v) is 12.9. The maximum atomic E-state index is 12.0. The molecule has 0 saturated heterocycles. The number of nitrogens with zero attached hydrogens (tertiary/aromatic N) is 1. The van der Waals surface area contributed by atoms with Gasteiger partial charge in [0.05, 0.1) is 18.6 Å². The van der Waals surface area contributed by atoms with Gasteiger partial charge in [0, 0.05) is 31.7 Å². The van der Waals surface area contributed by atoms with Crippen LogP contribution in [0.1, 0.15) is 22.3 Å². The van der Waals surface area contributed by atoms with Gasteiger partial charge in [-0.2, -0.15) is 0 Å². The molecule has 0 aliphatic carbocycles. The van der Waals surface area contributed by atoms with E-state index in [9.17, 15) is 9.59 Å². The molecule has 2 amide bonds. The van der Waals surface area contributed by atoms with Crippen LogP contribution in [0, 0.1) is 0 Å². The van der Waals surface area contributed by atoms with E-state index in [-0.39, 0.29) is 11.8 Å². The Morgan fingerprint density at radius 2 is 2.09 bits per heavy atom. The van der Waals surface area contributed by atoms with Crippen LogP contribution < -0.4 is 10.6 Å². The molecule has 1 heterocycles. The number of pyridine rings is 1. The fourth-order valence-electron chi connectivity index (χ4n) is 1.96. The summed E-state index contributed by atoms with van der Waals surface area (Å²) in [6.45, 7) is 0.752. The highest BCUT2D eigenvalue weighted by atomic mass is 16.5. The van der Waals surface area contributed by atoms with E-state index in [1.54, 1.807) is 31.5 Å². The van der Waals surface area contributed by atoms with Crippen LogP contribution in [0.3, 0.4) is 0 Å². The summed E-state index contributed by atoms with van der Waals surface area (Å²) in [5.41, 5.74) is 2.10. The fourth-order valence-corrected chi connectivity index (χ4v) is 1.96. The number of methoxy groups -OCH3 is 1. The van der Waals surface area contributed by atoms with E-state index in [2.05, 4.69) is 15.6 Å². The van der Waals surface area contributed by atoms with Crippen molar-refractivity contribution in [3.05, 3.63) is 59.9 Å². The minimum Gasteiger partial charge on any atom is -0.384 e. The highest BCUT2D eigenvalue weighted by Crippen LogP contribution is 2.11. The van der Waals surface area contributed by atoms with Crippen LogP contribution in [0.25, 0.3) is 0 Å². The Morgan fingerprint density at radius 3 is 2.83 bits per heavy atom. The van der Waals surface area contributed by atoms with Crippen molar-refractivity contribution in [3.63, 3.8) is 0 Å². The first-order valence-corrected chi connectivity index (χ1v) is 7.25. The SMILES string of the molecule is COCCC(=O)Nc1cccc(CNC(=O)c2cccnc2)c1. The van der Waals surface area contributed by atoms with E-state index in [0.29, 0.717) is 30.8 Å². The van der Waals surface area contributed by atoms with E-state index < -0.39 is 0 Å². The van der Waals surface area contributed by atoms with E-state index >= 15 is 0 Å². The molecular weight excluding hydrogens is 294 g/mol. The summed E-state index contributed by atoms with van der Waals surface area (Å²) >= 11 is 0. The largest absolute Gasteiger partial charge is 0.384 e. The normalized spacial score (nSPS) is 10.1. The summed E-state index contributed by atoms with van der Waals surface area (Å²) in [5, 5.41) is 5.61. The first-order valence-electron chi connectivity index (χ1n) is 7.25. The molecule has 0 fully saturated rings. The molecule has 0 radical (unpaired) electrons. The van der Waals surface area contributed by atoms with E-state index in [0.717, 1.165) is 5.56 Å². The summed E-state index contributed by atoms with van der Waals surface area (Å²) in [6, 6.07) is 10.8. The fraction of sp³-hybridized carbons (Fsp3) is 0.235. The molecule has 0 aliphatic rings. The van der Waals surface area contributed by atoms with Gasteiger partial charge in [-0.25, -0.2) is 0 Å². The second kappa shape index (κ2) is 8.65. The standard InChI is InChI=1S/C17H19N3O3/c1-23-9-7-16(21)20-15-6-2-4-13(10-15)11-19-17(22)14-5-3-8-18-12-14/h2-6,8,10,12H,7,9,11H2,1H3,(H,19,22)(H,20,21). The summed E-state index contributed by atoms with van der Waals surface area (Å²) in [7, 11) is 1.55. The van der Waals surface area contributed by atoms with Crippen LogP contribution >= 0.6 is 0 Å². The van der Waals surface area contributed by atoms with Crippen LogP contribution in [0.15, 0.2) is 48.8 Å².